The van der Waals surface area contributed by atoms with Gasteiger partial charge in [-0.2, -0.15) is 4.98 Å². The Morgan fingerprint density at radius 3 is 2.46 bits per heavy atom. The zero-order chi connectivity index (χ0) is 17.6. The number of nitrogens with one attached hydrogen (secondary N) is 1. The molecule has 8 heteroatoms. The van der Waals surface area contributed by atoms with E-state index in [2.05, 4.69) is 15.5 Å². The van der Waals surface area contributed by atoms with Gasteiger partial charge in [-0.15, -0.1) is 12.4 Å². The molecule has 1 fully saturated rings. The number of halogens is 1. The fourth-order valence-corrected chi connectivity index (χ4v) is 3.21. The molecule has 0 saturated carbocycles. The predicted molar refractivity (Wildman–Crippen MR) is 101 cm³/mol. The Kier molecular flexibility index (Phi) is 7.53. The zero-order valence-corrected chi connectivity index (χ0v) is 16.2. The minimum atomic E-state index is 0. The Balaban J connectivity index is 0.00000243. The van der Waals surface area contributed by atoms with Gasteiger partial charge in [0, 0.05) is 12.0 Å². The van der Waals surface area contributed by atoms with E-state index in [0.717, 1.165) is 31.5 Å². The average Bonchev–Trinajstić information content (AvgIpc) is 2.96. The van der Waals surface area contributed by atoms with Crippen LogP contribution >= 0.6 is 12.4 Å². The second-order valence-electron chi connectivity index (χ2n) is 6.18. The first kappa shape index (κ1) is 20.3. The van der Waals surface area contributed by atoms with Crippen LogP contribution in [-0.2, 0) is 6.42 Å². The third kappa shape index (κ3) is 4.59. The van der Waals surface area contributed by atoms with Crippen molar-refractivity contribution >= 4 is 12.4 Å². The van der Waals surface area contributed by atoms with Crippen LogP contribution < -0.4 is 19.5 Å². The van der Waals surface area contributed by atoms with E-state index >= 15 is 0 Å². The van der Waals surface area contributed by atoms with Crippen molar-refractivity contribution in [2.45, 2.75) is 25.7 Å². The van der Waals surface area contributed by atoms with Crippen LogP contribution in [0, 0.1) is 5.92 Å². The van der Waals surface area contributed by atoms with E-state index in [9.17, 15) is 0 Å². The van der Waals surface area contributed by atoms with E-state index < -0.39 is 0 Å². The normalized spacial score (nSPS) is 17.1. The first-order chi connectivity index (χ1) is 12.2. The Bertz CT molecular complexity index is 674. The van der Waals surface area contributed by atoms with Gasteiger partial charge in [0.2, 0.25) is 17.5 Å². The van der Waals surface area contributed by atoms with Crippen LogP contribution in [0.4, 0.5) is 0 Å². The smallest absolute Gasteiger partial charge is 0.227 e. The van der Waals surface area contributed by atoms with Crippen LogP contribution in [0.5, 0.6) is 17.2 Å². The van der Waals surface area contributed by atoms with E-state index in [1.165, 1.54) is 12.8 Å². The lowest BCUT2D eigenvalue weighted by atomic mass is 9.97. The highest BCUT2D eigenvalue weighted by Gasteiger charge is 2.19. The van der Waals surface area contributed by atoms with Gasteiger partial charge in [0.1, 0.15) is 0 Å². The molecule has 1 aromatic heterocycles. The molecule has 1 unspecified atom stereocenters. The minimum absolute atomic E-state index is 0. The first-order valence-electron chi connectivity index (χ1n) is 8.58. The third-order valence-electron chi connectivity index (χ3n) is 4.55. The maximum absolute atomic E-state index is 5.47. The molecule has 1 aliphatic heterocycles. The summed E-state index contributed by atoms with van der Waals surface area (Å²) in [7, 11) is 4.75. The van der Waals surface area contributed by atoms with E-state index in [1.807, 2.05) is 12.1 Å². The summed E-state index contributed by atoms with van der Waals surface area (Å²) in [5, 5.41) is 7.55. The van der Waals surface area contributed by atoms with Crippen molar-refractivity contribution < 1.29 is 18.7 Å². The molecule has 0 spiro atoms. The predicted octanol–water partition coefficient (Wildman–Crippen LogP) is 3.12. The molecule has 1 aromatic carbocycles. The Hall–Kier alpha value is -1.99. The summed E-state index contributed by atoms with van der Waals surface area (Å²) >= 11 is 0. The van der Waals surface area contributed by atoms with E-state index in [0.29, 0.717) is 34.9 Å². The topological polar surface area (TPSA) is 78.6 Å². The fourth-order valence-electron chi connectivity index (χ4n) is 3.21. The van der Waals surface area contributed by atoms with Crippen LogP contribution in [0.25, 0.3) is 11.4 Å². The van der Waals surface area contributed by atoms with Gasteiger partial charge in [-0.1, -0.05) is 5.16 Å². The summed E-state index contributed by atoms with van der Waals surface area (Å²) in [6.07, 6.45) is 4.34. The molecule has 144 valence electrons. The van der Waals surface area contributed by atoms with Crippen molar-refractivity contribution in [1.82, 2.24) is 15.5 Å². The molecule has 0 aliphatic carbocycles. The van der Waals surface area contributed by atoms with Gasteiger partial charge in [0.25, 0.3) is 0 Å². The van der Waals surface area contributed by atoms with Gasteiger partial charge >= 0.3 is 0 Å². The molecule has 0 bridgehead atoms. The monoisotopic (exact) mass is 383 g/mol. The van der Waals surface area contributed by atoms with Crippen LogP contribution in [0.3, 0.4) is 0 Å². The van der Waals surface area contributed by atoms with Crippen LogP contribution in [0.2, 0.25) is 0 Å². The number of hydrogen-bond donors (Lipinski definition) is 1. The van der Waals surface area contributed by atoms with Crippen molar-refractivity contribution in [2.75, 3.05) is 34.4 Å². The highest BCUT2D eigenvalue weighted by molar-refractivity contribution is 5.85. The van der Waals surface area contributed by atoms with E-state index in [4.69, 9.17) is 18.7 Å². The lowest BCUT2D eigenvalue weighted by Gasteiger charge is -2.12. The fraction of sp³-hybridized carbons (Fsp3) is 0.556. The summed E-state index contributed by atoms with van der Waals surface area (Å²) in [5.41, 5.74) is 0.770. The van der Waals surface area contributed by atoms with Crippen LogP contribution in [0.15, 0.2) is 16.7 Å². The van der Waals surface area contributed by atoms with Crippen LogP contribution in [0.1, 0.15) is 25.2 Å². The highest BCUT2D eigenvalue weighted by atomic mass is 35.5. The lowest BCUT2D eigenvalue weighted by Crippen LogP contribution is -2.14. The van der Waals surface area contributed by atoms with Gasteiger partial charge in [0.05, 0.1) is 21.3 Å². The second kappa shape index (κ2) is 9.64. The van der Waals surface area contributed by atoms with Crippen molar-refractivity contribution in [1.29, 1.82) is 0 Å². The number of hydrogen-bond acceptors (Lipinski definition) is 7. The molecular weight excluding hydrogens is 358 g/mol. The van der Waals surface area contributed by atoms with Gasteiger partial charge in [-0.3, -0.25) is 0 Å². The van der Waals surface area contributed by atoms with Gasteiger partial charge in [-0.05, 0) is 50.4 Å². The average molecular weight is 384 g/mol. The number of aromatic nitrogens is 2. The first-order valence-corrected chi connectivity index (χ1v) is 8.58. The summed E-state index contributed by atoms with van der Waals surface area (Å²) in [6.45, 7) is 2.15. The molecule has 1 saturated heterocycles. The Labute approximate surface area is 159 Å². The van der Waals surface area contributed by atoms with Gasteiger partial charge in [0.15, 0.2) is 11.5 Å². The highest BCUT2D eigenvalue weighted by Crippen LogP contribution is 2.40. The van der Waals surface area contributed by atoms with Crippen molar-refractivity contribution in [3.63, 3.8) is 0 Å². The molecule has 1 aliphatic rings. The SMILES string of the molecule is COc1cc(-c2noc(CC3CCCNCC3)n2)cc(OC)c1OC.Cl. The third-order valence-corrected chi connectivity index (χ3v) is 4.55. The van der Waals surface area contributed by atoms with Crippen molar-refractivity contribution in [2.24, 2.45) is 5.92 Å². The van der Waals surface area contributed by atoms with E-state index in [1.54, 1.807) is 21.3 Å². The van der Waals surface area contributed by atoms with Crippen molar-refractivity contribution in [3.05, 3.63) is 18.0 Å². The summed E-state index contributed by atoms with van der Waals surface area (Å²) < 4.78 is 21.6. The molecule has 26 heavy (non-hydrogen) atoms. The number of methoxy groups -OCH3 is 3. The molecule has 0 radical (unpaired) electrons. The molecular formula is C18H26ClN3O4. The van der Waals surface area contributed by atoms with Crippen LogP contribution in [-0.4, -0.2) is 44.6 Å². The molecule has 1 N–H and O–H groups in total. The minimum Gasteiger partial charge on any atom is -0.493 e. The largest absolute Gasteiger partial charge is 0.493 e. The molecule has 1 atom stereocenters. The summed E-state index contributed by atoms with van der Waals surface area (Å²) in [6, 6.07) is 3.65. The lowest BCUT2D eigenvalue weighted by molar-refractivity contribution is 0.324. The Morgan fingerprint density at radius 2 is 1.81 bits per heavy atom. The van der Waals surface area contributed by atoms with Crippen molar-refractivity contribution in [3.8, 4) is 28.6 Å². The standard InChI is InChI=1S/C18H25N3O4.ClH/c1-22-14-10-13(11-15(23-2)17(14)24-3)18-20-16(25-21-18)9-12-5-4-7-19-8-6-12;/h10-12,19H,4-9H2,1-3H3;1H. The molecule has 2 heterocycles. The number of rotatable bonds is 6. The second-order valence-corrected chi connectivity index (χ2v) is 6.18. The molecule has 0 amide bonds. The van der Waals surface area contributed by atoms with Gasteiger partial charge < -0.3 is 24.1 Å². The number of benzene rings is 1. The molecule has 7 nitrogen and oxygen atoms in total. The Morgan fingerprint density at radius 1 is 1.08 bits per heavy atom. The maximum Gasteiger partial charge on any atom is 0.227 e. The van der Waals surface area contributed by atoms with E-state index in [-0.39, 0.29) is 12.4 Å². The molecule has 3 rings (SSSR count). The number of nitrogens with zero attached hydrogens (tertiary/aromatic N) is 2. The summed E-state index contributed by atoms with van der Waals surface area (Å²) in [5.74, 6) is 3.47. The number of ether oxygens (including phenoxy) is 3. The molecule has 2 aromatic rings. The maximum atomic E-state index is 5.47. The quantitative estimate of drug-likeness (QED) is 0.820. The van der Waals surface area contributed by atoms with Gasteiger partial charge in [-0.25, -0.2) is 0 Å². The summed E-state index contributed by atoms with van der Waals surface area (Å²) in [4.78, 5) is 4.56. The zero-order valence-electron chi connectivity index (χ0n) is 15.4.